The Labute approximate surface area is 149 Å². The van der Waals surface area contributed by atoms with Crippen LogP contribution in [0.15, 0.2) is 48.5 Å². The van der Waals surface area contributed by atoms with Gasteiger partial charge in [-0.05, 0) is 49.4 Å². The number of rotatable bonds is 5. The van der Waals surface area contributed by atoms with Gasteiger partial charge in [0.2, 0.25) is 10.0 Å². The van der Waals surface area contributed by atoms with Gasteiger partial charge in [0.15, 0.2) is 0 Å². The van der Waals surface area contributed by atoms with Gasteiger partial charge in [-0.3, -0.25) is 9.10 Å². The van der Waals surface area contributed by atoms with E-state index in [4.69, 9.17) is 0 Å². The van der Waals surface area contributed by atoms with Crippen LogP contribution in [-0.2, 0) is 16.2 Å². The number of halogens is 3. The van der Waals surface area contributed by atoms with Gasteiger partial charge in [0.05, 0.1) is 17.5 Å². The number of hydrogen-bond donors (Lipinski definition) is 1. The molecule has 0 aliphatic carbocycles. The van der Waals surface area contributed by atoms with Crippen LogP contribution in [0.3, 0.4) is 0 Å². The maximum Gasteiger partial charge on any atom is 0.416 e. The molecule has 0 saturated carbocycles. The molecule has 0 saturated heterocycles. The third-order valence-corrected chi connectivity index (χ3v) is 4.82. The van der Waals surface area contributed by atoms with Crippen molar-refractivity contribution < 1.29 is 26.4 Å². The van der Waals surface area contributed by atoms with Crippen molar-refractivity contribution in [1.29, 1.82) is 0 Å². The Morgan fingerprint density at radius 1 is 1.12 bits per heavy atom. The van der Waals surface area contributed by atoms with E-state index >= 15 is 0 Å². The Kier molecular flexibility index (Phi) is 5.60. The average Bonchev–Trinajstić information content (AvgIpc) is 2.54. The molecule has 26 heavy (non-hydrogen) atoms. The number of nitrogens with one attached hydrogen (secondary N) is 1. The van der Waals surface area contributed by atoms with Gasteiger partial charge < -0.3 is 5.32 Å². The van der Waals surface area contributed by atoms with Crippen molar-refractivity contribution >= 4 is 27.3 Å². The Hall–Kier alpha value is -2.55. The second-order valence-electron chi connectivity index (χ2n) is 5.51. The first-order chi connectivity index (χ1) is 12.0. The summed E-state index contributed by atoms with van der Waals surface area (Å²) in [6, 6.07) is 10.1. The van der Waals surface area contributed by atoms with Crippen molar-refractivity contribution in [3.63, 3.8) is 0 Å². The average molecular weight is 386 g/mol. The lowest BCUT2D eigenvalue weighted by Crippen LogP contribution is -2.29. The molecular weight excluding hydrogens is 369 g/mol. The molecule has 0 aliphatic heterocycles. The predicted octanol–water partition coefficient (Wildman–Crippen LogP) is 3.74. The van der Waals surface area contributed by atoms with Gasteiger partial charge in [0, 0.05) is 17.8 Å². The molecule has 0 aliphatic rings. The number of nitrogens with zero attached hydrogens (tertiary/aromatic N) is 1. The number of alkyl halides is 3. The van der Waals surface area contributed by atoms with E-state index in [-0.39, 0.29) is 17.8 Å². The van der Waals surface area contributed by atoms with E-state index in [0.29, 0.717) is 5.69 Å². The molecule has 2 aromatic rings. The van der Waals surface area contributed by atoms with Crippen LogP contribution in [0.2, 0.25) is 0 Å². The molecule has 0 radical (unpaired) electrons. The second kappa shape index (κ2) is 7.36. The third-order valence-electron chi connectivity index (χ3n) is 3.55. The van der Waals surface area contributed by atoms with Crippen LogP contribution < -0.4 is 9.62 Å². The van der Waals surface area contributed by atoms with Gasteiger partial charge in [-0.2, -0.15) is 13.2 Å². The zero-order chi connectivity index (χ0) is 19.5. The van der Waals surface area contributed by atoms with Crippen LogP contribution in [0.5, 0.6) is 0 Å². The van der Waals surface area contributed by atoms with Crippen molar-refractivity contribution in [1.82, 2.24) is 0 Å². The summed E-state index contributed by atoms with van der Waals surface area (Å²) in [7, 11) is -3.44. The minimum atomic E-state index is -4.50. The molecular formula is C17H17F3N2O3S. The van der Waals surface area contributed by atoms with Crippen molar-refractivity contribution in [3.05, 3.63) is 59.7 Å². The molecule has 0 bridgehead atoms. The maximum absolute atomic E-state index is 12.7. The minimum Gasteiger partial charge on any atom is -0.322 e. The number of sulfonamides is 1. The Morgan fingerprint density at radius 3 is 2.23 bits per heavy atom. The lowest BCUT2D eigenvalue weighted by atomic mass is 10.1. The van der Waals surface area contributed by atoms with Gasteiger partial charge in [-0.25, -0.2) is 8.42 Å². The fraction of sp³-hybridized carbons (Fsp3) is 0.235. The lowest BCUT2D eigenvalue weighted by Gasteiger charge is -2.20. The first-order valence-electron chi connectivity index (χ1n) is 7.58. The molecule has 0 aromatic heterocycles. The second-order valence-corrected chi connectivity index (χ2v) is 7.41. The highest BCUT2D eigenvalue weighted by atomic mass is 32.2. The Balaban J connectivity index is 2.19. The van der Waals surface area contributed by atoms with E-state index in [1.54, 1.807) is 6.92 Å². The van der Waals surface area contributed by atoms with Crippen LogP contribution >= 0.6 is 0 Å². The number of anilines is 2. The summed E-state index contributed by atoms with van der Waals surface area (Å²) in [5.74, 6) is -0.599. The molecule has 5 nitrogen and oxygen atoms in total. The molecule has 0 spiro atoms. The van der Waals surface area contributed by atoms with Gasteiger partial charge in [0.25, 0.3) is 5.91 Å². The van der Waals surface area contributed by atoms with E-state index in [1.807, 2.05) is 0 Å². The third kappa shape index (κ3) is 4.75. The van der Waals surface area contributed by atoms with Crippen LogP contribution in [0, 0.1) is 0 Å². The van der Waals surface area contributed by atoms with E-state index in [9.17, 15) is 26.4 Å². The van der Waals surface area contributed by atoms with Crippen LogP contribution in [-0.4, -0.2) is 27.1 Å². The number of hydrogen-bond acceptors (Lipinski definition) is 3. The van der Waals surface area contributed by atoms with Crippen LogP contribution in [0.25, 0.3) is 0 Å². The molecule has 2 rings (SSSR count). The topological polar surface area (TPSA) is 66.5 Å². The predicted molar refractivity (Wildman–Crippen MR) is 93.7 cm³/mol. The summed E-state index contributed by atoms with van der Waals surface area (Å²) in [6.45, 7) is 1.91. The smallest absolute Gasteiger partial charge is 0.322 e. The van der Waals surface area contributed by atoms with Gasteiger partial charge >= 0.3 is 6.18 Å². The molecule has 9 heteroatoms. The quantitative estimate of drug-likeness (QED) is 0.851. The van der Waals surface area contributed by atoms with Crippen molar-refractivity contribution in [2.24, 2.45) is 0 Å². The Morgan fingerprint density at radius 2 is 1.73 bits per heavy atom. The molecule has 0 unspecified atom stereocenters. The highest BCUT2D eigenvalue weighted by Gasteiger charge is 2.30. The van der Waals surface area contributed by atoms with Gasteiger partial charge in [-0.15, -0.1) is 0 Å². The summed E-state index contributed by atoms with van der Waals surface area (Å²) < 4.78 is 62.7. The van der Waals surface area contributed by atoms with Crippen molar-refractivity contribution in [3.8, 4) is 0 Å². The summed E-state index contributed by atoms with van der Waals surface area (Å²) >= 11 is 0. The molecule has 0 atom stereocenters. The number of carbonyl (C=O) groups is 1. The number of amides is 1. The summed E-state index contributed by atoms with van der Waals surface area (Å²) in [5.41, 5.74) is -0.265. The van der Waals surface area contributed by atoms with E-state index in [0.717, 1.165) is 18.4 Å². The highest BCUT2D eigenvalue weighted by Crippen LogP contribution is 2.30. The van der Waals surface area contributed by atoms with Crippen molar-refractivity contribution in [2.75, 3.05) is 22.4 Å². The lowest BCUT2D eigenvalue weighted by molar-refractivity contribution is -0.137. The maximum atomic E-state index is 12.7. The SMILES string of the molecule is CCN(c1ccc(C(=O)Nc2cccc(C(F)(F)F)c2)cc1)S(C)(=O)=O. The number of benzene rings is 2. The van der Waals surface area contributed by atoms with Crippen molar-refractivity contribution in [2.45, 2.75) is 13.1 Å². The van der Waals surface area contributed by atoms with E-state index < -0.39 is 27.7 Å². The first-order valence-corrected chi connectivity index (χ1v) is 9.43. The number of carbonyl (C=O) groups excluding carboxylic acids is 1. The molecule has 0 fully saturated rings. The summed E-state index contributed by atoms with van der Waals surface area (Å²) in [5, 5.41) is 2.39. The Bertz CT molecular complexity index is 894. The van der Waals surface area contributed by atoms with Crippen LogP contribution in [0.1, 0.15) is 22.8 Å². The van der Waals surface area contributed by atoms with E-state index in [2.05, 4.69) is 5.32 Å². The molecule has 1 amide bonds. The molecule has 0 heterocycles. The molecule has 140 valence electrons. The van der Waals surface area contributed by atoms with E-state index in [1.165, 1.54) is 40.7 Å². The normalized spacial score (nSPS) is 11.9. The monoisotopic (exact) mass is 386 g/mol. The van der Waals surface area contributed by atoms with Crippen LogP contribution in [0.4, 0.5) is 24.5 Å². The molecule has 1 N–H and O–H groups in total. The highest BCUT2D eigenvalue weighted by molar-refractivity contribution is 7.92. The zero-order valence-corrected chi connectivity index (χ0v) is 14.9. The molecule has 2 aromatic carbocycles. The van der Waals surface area contributed by atoms with Gasteiger partial charge in [0.1, 0.15) is 0 Å². The first kappa shape index (κ1) is 19.8. The minimum absolute atomic E-state index is 0.0141. The van der Waals surface area contributed by atoms with Gasteiger partial charge in [-0.1, -0.05) is 6.07 Å². The fourth-order valence-corrected chi connectivity index (χ4v) is 3.34. The standard InChI is InChI=1S/C17H17F3N2O3S/c1-3-22(26(2,24)25)15-9-7-12(8-10-15)16(23)21-14-6-4-5-13(11-14)17(18,19)20/h4-11H,3H2,1-2H3,(H,21,23). The zero-order valence-electron chi connectivity index (χ0n) is 14.0. The fourth-order valence-electron chi connectivity index (χ4n) is 2.36. The summed E-state index contributed by atoms with van der Waals surface area (Å²) in [4.78, 5) is 12.2. The largest absolute Gasteiger partial charge is 0.416 e. The summed E-state index contributed by atoms with van der Waals surface area (Å²) in [6.07, 6.45) is -3.43.